The molecule has 1 aliphatic rings. The average molecular weight is 284 g/mol. The number of aromatic nitrogens is 2. The molecule has 1 heterocycles. The van der Waals surface area contributed by atoms with Crippen molar-refractivity contribution in [2.24, 2.45) is 5.92 Å². The number of halogens is 1. The molecule has 106 valence electrons. The minimum Gasteiger partial charge on any atom is -0.348 e. The number of alkyl halides is 1. The molecular formula is C14H22ClN3O. The first-order valence-corrected chi connectivity index (χ1v) is 7.60. The Morgan fingerprint density at radius 1 is 1.53 bits per heavy atom. The highest BCUT2D eigenvalue weighted by Crippen LogP contribution is 2.25. The molecule has 1 saturated carbocycles. The van der Waals surface area contributed by atoms with Crippen LogP contribution in [0.5, 0.6) is 0 Å². The van der Waals surface area contributed by atoms with Crippen LogP contribution in [0.3, 0.4) is 0 Å². The molecule has 0 aromatic carbocycles. The third kappa shape index (κ3) is 3.30. The summed E-state index contributed by atoms with van der Waals surface area (Å²) in [6.45, 7) is 4.61. The van der Waals surface area contributed by atoms with E-state index in [0.717, 1.165) is 18.5 Å². The first kappa shape index (κ1) is 14.4. The lowest BCUT2D eigenvalue weighted by molar-refractivity contribution is 0.0900. The van der Waals surface area contributed by atoms with E-state index in [-0.39, 0.29) is 11.9 Å². The summed E-state index contributed by atoms with van der Waals surface area (Å²) >= 11 is 6.00. The van der Waals surface area contributed by atoms with Gasteiger partial charge in [0.15, 0.2) is 0 Å². The topological polar surface area (TPSA) is 46.9 Å². The Morgan fingerprint density at radius 2 is 2.26 bits per heavy atom. The van der Waals surface area contributed by atoms with Gasteiger partial charge in [0.1, 0.15) is 5.69 Å². The number of carbonyl (C=O) groups is 1. The minimum absolute atomic E-state index is 0.0236. The van der Waals surface area contributed by atoms with Crippen LogP contribution in [0.2, 0.25) is 0 Å². The molecule has 0 bridgehead atoms. The summed E-state index contributed by atoms with van der Waals surface area (Å²) in [6, 6.07) is 2.05. The fourth-order valence-electron chi connectivity index (χ4n) is 2.79. The number of carbonyl (C=O) groups excluding carboxylic acids is 1. The molecule has 0 radical (unpaired) electrons. The van der Waals surface area contributed by atoms with Crippen LogP contribution in [0.1, 0.15) is 48.8 Å². The predicted molar refractivity (Wildman–Crippen MR) is 76.6 cm³/mol. The standard InChI is InChI=1S/C14H22ClN3O/c1-3-18-13(8-10(2)17-18)14(19)16-12-7-5-4-6-11(12)9-15/h8,11-12H,3-7,9H2,1-2H3,(H,16,19). The largest absolute Gasteiger partial charge is 0.348 e. The molecule has 0 saturated heterocycles. The zero-order valence-corrected chi connectivity index (χ0v) is 12.4. The van der Waals surface area contributed by atoms with Crippen LogP contribution in [0, 0.1) is 12.8 Å². The maximum Gasteiger partial charge on any atom is 0.269 e. The first-order chi connectivity index (χ1) is 9.15. The molecule has 1 aromatic heterocycles. The van der Waals surface area contributed by atoms with Crippen LogP contribution < -0.4 is 5.32 Å². The van der Waals surface area contributed by atoms with Gasteiger partial charge in [-0.1, -0.05) is 12.8 Å². The van der Waals surface area contributed by atoms with Crippen LogP contribution in [0.25, 0.3) is 0 Å². The van der Waals surface area contributed by atoms with Gasteiger partial charge in [0, 0.05) is 18.5 Å². The van der Waals surface area contributed by atoms with E-state index in [9.17, 15) is 4.79 Å². The molecule has 1 fully saturated rings. The summed E-state index contributed by atoms with van der Waals surface area (Å²) in [6.07, 6.45) is 4.53. The van der Waals surface area contributed by atoms with E-state index in [1.807, 2.05) is 19.9 Å². The number of nitrogens with zero attached hydrogens (tertiary/aromatic N) is 2. The summed E-state index contributed by atoms with van der Waals surface area (Å²) in [7, 11) is 0. The maximum atomic E-state index is 12.4. The fraction of sp³-hybridized carbons (Fsp3) is 0.714. The molecule has 0 spiro atoms. The lowest BCUT2D eigenvalue weighted by Gasteiger charge is -2.30. The van der Waals surface area contributed by atoms with Crippen LogP contribution in [-0.4, -0.2) is 27.6 Å². The van der Waals surface area contributed by atoms with Gasteiger partial charge in [0.25, 0.3) is 5.91 Å². The van der Waals surface area contributed by atoms with E-state index >= 15 is 0 Å². The van der Waals surface area contributed by atoms with Gasteiger partial charge >= 0.3 is 0 Å². The Kier molecular flexibility index (Phi) is 4.86. The van der Waals surface area contributed by atoms with Crippen molar-refractivity contribution in [2.45, 2.75) is 52.1 Å². The van der Waals surface area contributed by atoms with E-state index in [0.29, 0.717) is 24.0 Å². The smallest absolute Gasteiger partial charge is 0.269 e. The lowest BCUT2D eigenvalue weighted by Crippen LogP contribution is -2.43. The number of nitrogens with one attached hydrogen (secondary N) is 1. The first-order valence-electron chi connectivity index (χ1n) is 7.07. The lowest BCUT2D eigenvalue weighted by atomic mass is 9.85. The molecule has 1 N–H and O–H groups in total. The summed E-state index contributed by atoms with van der Waals surface area (Å²) in [5.74, 6) is 1.000. The zero-order chi connectivity index (χ0) is 13.8. The van der Waals surface area contributed by atoms with Gasteiger partial charge in [-0.25, -0.2) is 0 Å². The summed E-state index contributed by atoms with van der Waals surface area (Å²) in [4.78, 5) is 12.4. The average Bonchev–Trinajstić information content (AvgIpc) is 2.80. The SMILES string of the molecule is CCn1nc(C)cc1C(=O)NC1CCCCC1CCl. The van der Waals surface area contributed by atoms with Crippen molar-refractivity contribution in [1.29, 1.82) is 0 Å². The minimum atomic E-state index is -0.0236. The fourth-order valence-corrected chi connectivity index (χ4v) is 3.16. The Hall–Kier alpha value is -1.03. The van der Waals surface area contributed by atoms with Crippen molar-refractivity contribution >= 4 is 17.5 Å². The Bertz CT molecular complexity index is 444. The van der Waals surface area contributed by atoms with Crippen molar-refractivity contribution in [3.63, 3.8) is 0 Å². The van der Waals surface area contributed by atoms with E-state index in [2.05, 4.69) is 10.4 Å². The number of hydrogen-bond acceptors (Lipinski definition) is 2. The Morgan fingerprint density at radius 3 is 2.95 bits per heavy atom. The van der Waals surface area contributed by atoms with Gasteiger partial charge in [-0.05, 0) is 38.7 Å². The van der Waals surface area contributed by atoms with Crippen LogP contribution in [0.15, 0.2) is 6.07 Å². The Balaban J connectivity index is 2.07. The molecule has 5 heteroatoms. The van der Waals surface area contributed by atoms with Crippen molar-refractivity contribution in [2.75, 3.05) is 5.88 Å². The highest BCUT2D eigenvalue weighted by molar-refractivity contribution is 6.18. The van der Waals surface area contributed by atoms with E-state index in [4.69, 9.17) is 11.6 Å². The molecule has 4 nitrogen and oxygen atoms in total. The second-order valence-electron chi connectivity index (χ2n) is 5.27. The summed E-state index contributed by atoms with van der Waals surface area (Å²) < 4.78 is 1.75. The van der Waals surface area contributed by atoms with Crippen molar-refractivity contribution < 1.29 is 4.79 Å². The van der Waals surface area contributed by atoms with Crippen LogP contribution >= 0.6 is 11.6 Å². The number of amides is 1. The van der Waals surface area contributed by atoms with Gasteiger partial charge in [-0.15, -0.1) is 11.6 Å². The Labute approximate surface area is 119 Å². The summed E-state index contributed by atoms with van der Waals surface area (Å²) in [5, 5.41) is 7.45. The molecule has 2 unspecified atom stereocenters. The van der Waals surface area contributed by atoms with Crippen molar-refractivity contribution in [1.82, 2.24) is 15.1 Å². The molecule has 1 amide bonds. The van der Waals surface area contributed by atoms with Crippen LogP contribution in [0.4, 0.5) is 0 Å². The van der Waals surface area contributed by atoms with Crippen molar-refractivity contribution in [3.05, 3.63) is 17.5 Å². The van der Waals surface area contributed by atoms with E-state index in [1.54, 1.807) is 4.68 Å². The van der Waals surface area contributed by atoms with Gasteiger partial charge in [-0.3, -0.25) is 9.48 Å². The zero-order valence-electron chi connectivity index (χ0n) is 11.7. The highest BCUT2D eigenvalue weighted by Gasteiger charge is 2.27. The number of rotatable bonds is 4. The van der Waals surface area contributed by atoms with E-state index in [1.165, 1.54) is 12.8 Å². The monoisotopic (exact) mass is 283 g/mol. The van der Waals surface area contributed by atoms with Gasteiger partial charge in [-0.2, -0.15) is 5.10 Å². The normalized spacial score (nSPS) is 23.3. The van der Waals surface area contributed by atoms with E-state index < -0.39 is 0 Å². The molecule has 0 aliphatic heterocycles. The second-order valence-corrected chi connectivity index (χ2v) is 5.57. The predicted octanol–water partition coefficient (Wildman–Crippen LogP) is 2.74. The summed E-state index contributed by atoms with van der Waals surface area (Å²) in [5.41, 5.74) is 1.53. The van der Waals surface area contributed by atoms with Gasteiger partial charge in [0.2, 0.25) is 0 Å². The highest BCUT2D eigenvalue weighted by atomic mass is 35.5. The maximum absolute atomic E-state index is 12.4. The molecule has 2 atom stereocenters. The molecular weight excluding hydrogens is 262 g/mol. The van der Waals surface area contributed by atoms with Crippen LogP contribution in [-0.2, 0) is 6.54 Å². The number of hydrogen-bond donors (Lipinski definition) is 1. The van der Waals surface area contributed by atoms with Gasteiger partial charge in [0.05, 0.1) is 5.69 Å². The third-order valence-electron chi connectivity index (χ3n) is 3.86. The second kappa shape index (κ2) is 6.42. The van der Waals surface area contributed by atoms with Crippen molar-refractivity contribution in [3.8, 4) is 0 Å². The molecule has 19 heavy (non-hydrogen) atoms. The molecule has 2 rings (SSSR count). The third-order valence-corrected chi connectivity index (χ3v) is 4.25. The number of aryl methyl sites for hydroxylation is 2. The molecule has 1 aromatic rings. The molecule has 1 aliphatic carbocycles. The van der Waals surface area contributed by atoms with Gasteiger partial charge < -0.3 is 5.32 Å². The quantitative estimate of drug-likeness (QED) is 0.864.